The van der Waals surface area contributed by atoms with Gasteiger partial charge >= 0.3 is 0 Å². The average Bonchev–Trinajstić information content (AvgIpc) is 2.64. The van der Waals surface area contributed by atoms with Crippen molar-refractivity contribution in [3.63, 3.8) is 0 Å². The Bertz CT molecular complexity index is 490. The van der Waals surface area contributed by atoms with Gasteiger partial charge < -0.3 is 0 Å². The molecule has 0 amide bonds. The number of carbonyl (C=O) groups excluding carboxylic acids is 1. The van der Waals surface area contributed by atoms with Gasteiger partial charge in [-0.05, 0) is 23.8 Å². The zero-order chi connectivity index (χ0) is 10.8. The number of aldehydes is 1. The van der Waals surface area contributed by atoms with Crippen molar-refractivity contribution in [2.75, 3.05) is 0 Å². The minimum absolute atomic E-state index is 0.445. The van der Waals surface area contributed by atoms with E-state index in [0.29, 0.717) is 15.1 Å². The lowest BCUT2D eigenvalue weighted by Crippen LogP contribution is -1.73. The number of thiazole rings is 1. The van der Waals surface area contributed by atoms with Crippen LogP contribution in [0.3, 0.4) is 0 Å². The van der Waals surface area contributed by atoms with E-state index in [1.165, 1.54) is 11.3 Å². The van der Waals surface area contributed by atoms with Crippen molar-refractivity contribution in [2.24, 2.45) is 0 Å². The van der Waals surface area contributed by atoms with Crippen molar-refractivity contribution in [1.29, 1.82) is 0 Å². The molecule has 2 rings (SSSR count). The summed E-state index contributed by atoms with van der Waals surface area (Å²) in [5.41, 5.74) is 0.873. The summed E-state index contributed by atoms with van der Waals surface area (Å²) in [4.78, 5) is 15.3. The molecule has 2 aromatic rings. The molecule has 0 saturated heterocycles. The van der Waals surface area contributed by atoms with Crippen LogP contribution < -0.4 is 0 Å². The van der Waals surface area contributed by atoms with Crippen molar-refractivity contribution in [1.82, 2.24) is 4.98 Å². The summed E-state index contributed by atoms with van der Waals surface area (Å²) in [6.07, 6.45) is 2.36. The van der Waals surface area contributed by atoms with Crippen LogP contribution in [0.15, 0.2) is 24.4 Å². The van der Waals surface area contributed by atoms with Crippen LogP contribution in [-0.2, 0) is 0 Å². The number of nitrogens with zero attached hydrogens (tertiary/aromatic N) is 1. The Morgan fingerprint density at radius 1 is 1.20 bits per heavy atom. The quantitative estimate of drug-likeness (QED) is 0.764. The second-order valence-corrected chi connectivity index (χ2v) is 4.77. The van der Waals surface area contributed by atoms with Crippen LogP contribution in [0.5, 0.6) is 0 Å². The van der Waals surface area contributed by atoms with Crippen LogP contribution in [0.25, 0.3) is 10.4 Å². The highest BCUT2D eigenvalue weighted by atomic mass is 35.5. The number of rotatable bonds is 2. The summed E-state index contributed by atoms with van der Waals surface area (Å²) in [7, 11) is 0. The van der Waals surface area contributed by atoms with Gasteiger partial charge in [0.05, 0.1) is 4.88 Å². The molecule has 1 aromatic carbocycles. The predicted molar refractivity (Wildman–Crippen MR) is 63.0 cm³/mol. The molecule has 0 spiro atoms. The minimum Gasteiger partial charge on any atom is -0.295 e. The summed E-state index contributed by atoms with van der Waals surface area (Å²) >= 11 is 13.0. The maximum Gasteiger partial charge on any atom is 0.178 e. The molecule has 0 unspecified atom stereocenters. The van der Waals surface area contributed by atoms with Crippen LogP contribution in [0.1, 0.15) is 9.80 Å². The van der Waals surface area contributed by atoms with Gasteiger partial charge in [0.1, 0.15) is 0 Å². The maximum atomic E-state index is 10.5. The number of carbonyl (C=O) groups is 1. The fourth-order valence-electron chi connectivity index (χ4n) is 1.17. The molecule has 0 atom stereocenters. The van der Waals surface area contributed by atoms with Crippen LogP contribution in [0, 0.1) is 0 Å². The van der Waals surface area contributed by atoms with Crippen molar-refractivity contribution >= 4 is 40.8 Å². The van der Waals surface area contributed by atoms with E-state index in [-0.39, 0.29) is 0 Å². The van der Waals surface area contributed by atoms with E-state index < -0.39 is 0 Å². The number of aromatic nitrogens is 1. The molecule has 1 heterocycles. The molecule has 1 aromatic heterocycles. The number of hydrogen-bond acceptors (Lipinski definition) is 3. The molecule has 0 aliphatic rings. The summed E-state index contributed by atoms with van der Waals surface area (Å²) in [6, 6.07) is 5.24. The Labute approximate surface area is 100 Å². The first-order valence-electron chi connectivity index (χ1n) is 4.06. The second kappa shape index (κ2) is 4.31. The van der Waals surface area contributed by atoms with Crippen LogP contribution in [0.2, 0.25) is 10.0 Å². The highest BCUT2D eigenvalue weighted by Gasteiger charge is 2.05. The molecule has 0 bridgehead atoms. The average molecular weight is 258 g/mol. The number of benzene rings is 1. The third-order valence-corrected chi connectivity index (χ3v) is 3.18. The van der Waals surface area contributed by atoms with Gasteiger partial charge in [0.15, 0.2) is 11.3 Å². The largest absolute Gasteiger partial charge is 0.295 e. The zero-order valence-electron chi connectivity index (χ0n) is 7.41. The van der Waals surface area contributed by atoms with Gasteiger partial charge in [0.2, 0.25) is 0 Å². The van der Waals surface area contributed by atoms with Crippen LogP contribution >= 0.6 is 34.5 Å². The van der Waals surface area contributed by atoms with Crippen molar-refractivity contribution in [3.8, 4) is 10.4 Å². The Kier molecular flexibility index (Phi) is 3.05. The molecule has 2 nitrogen and oxygen atoms in total. The molecule has 0 radical (unpaired) electrons. The monoisotopic (exact) mass is 257 g/mol. The lowest BCUT2D eigenvalue weighted by molar-refractivity contribution is 0.112. The first kappa shape index (κ1) is 10.6. The Morgan fingerprint density at radius 3 is 2.40 bits per heavy atom. The fourth-order valence-corrected chi connectivity index (χ4v) is 2.42. The minimum atomic E-state index is 0.445. The molecule has 0 aliphatic carbocycles. The molecular formula is C10H5Cl2NOS. The van der Waals surface area contributed by atoms with Gasteiger partial charge in [-0.25, -0.2) is 4.98 Å². The standard InChI is InChI=1S/C10H5Cl2NOS/c11-7-1-6(2-8(12)3-7)9-4-13-10(5-14)15-9/h1-5H. The van der Waals surface area contributed by atoms with Gasteiger partial charge in [-0.1, -0.05) is 23.2 Å². The normalized spacial score (nSPS) is 10.3. The summed E-state index contributed by atoms with van der Waals surface area (Å²) < 4.78 is 0. The fraction of sp³-hybridized carbons (Fsp3) is 0. The molecule has 0 aliphatic heterocycles. The van der Waals surface area contributed by atoms with Gasteiger partial charge in [-0.15, -0.1) is 11.3 Å². The van der Waals surface area contributed by atoms with Crippen molar-refractivity contribution in [3.05, 3.63) is 39.4 Å². The maximum absolute atomic E-state index is 10.5. The number of hydrogen-bond donors (Lipinski definition) is 0. The van der Waals surface area contributed by atoms with Gasteiger partial charge in [0, 0.05) is 16.2 Å². The van der Waals surface area contributed by atoms with E-state index >= 15 is 0 Å². The first-order valence-corrected chi connectivity index (χ1v) is 5.64. The molecule has 0 fully saturated rings. The van der Waals surface area contributed by atoms with Crippen LogP contribution in [0.4, 0.5) is 0 Å². The number of halogens is 2. The van der Waals surface area contributed by atoms with Gasteiger partial charge in [-0.2, -0.15) is 0 Å². The van der Waals surface area contributed by atoms with E-state index in [2.05, 4.69) is 4.98 Å². The molecule has 0 N–H and O–H groups in total. The lowest BCUT2D eigenvalue weighted by Gasteiger charge is -1.98. The first-order chi connectivity index (χ1) is 7.19. The van der Waals surface area contributed by atoms with Gasteiger partial charge in [0.25, 0.3) is 0 Å². The molecule has 0 saturated carbocycles. The summed E-state index contributed by atoms with van der Waals surface area (Å²) in [6.45, 7) is 0. The highest BCUT2D eigenvalue weighted by molar-refractivity contribution is 7.16. The van der Waals surface area contributed by atoms with Gasteiger partial charge in [-0.3, -0.25) is 4.79 Å². The SMILES string of the molecule is O=Cc1ncc(-c2cc(Cl)cc(Cl)c2)s1. The van der Waals surface area contributed by atoms with Crippen molar-refractivity contribution in [2.45, 2.75) is 0 Å². The second-order valence-electron chi connectivity index (χ2n) is 2.84. The molecular weight excluding hydrogens is 253 g/mol. The Morgan fingerprint density at radius 2 is 1.87 bits per heavy atom. The highest BCUT2D eigenvalue weighted by Crippen LogP contribution is 2.30. The van der Waals surface area contributed by atoms with E-state index in [1.54, 1.807) is 24.4 Å². The third kappa shape index (κ3) is 2.37. The smallest absolute Gasteiger partial charge is 0.178 e. The summed E-state index contributed by atoms with van der Waals surface area (Å²) in [5.74, 6) is 0. The van der Waals surface area contributed by atoms with E-state index in [4.69, 9.17) is 23.2 Å². The van der Waals surface area contributed by atoms with Crippen LogP contribution in [-0.4, -0.2) is 11.3 Å². The van der Waals surface area contributed by atoms with E-state index in [1.807, 2.05) is 0 Å². The third-order valence-electron chi connectivity index (χ3n) is 1.77. The topological polar surface area (TPSA) is 30.0 Å². The Hall–Kier alpha value is -0.900. The molecule has 15 heavy (non-hydrogen) atoms. The Balaban J connectivity index is 2.48. The lowest BCUT2D eigenvalue weighted by atomic mass is 10.2. The molecule has 5 heteroatoms. The van der Waals surface area contributed by atoms with Crippen molar-refractivity contribution < 1.29 is 4.79 Å². The van der Waals surface area contributed by atoms with E-state index in [0.717, 1.165) is 16.7 Å². The van der Waals surface area contributed by atoms with E-state index in [9.17, 15) is 4.79 Å². The summed E-state index contributed by atoms with van der Waals surface area (Å²) in [5, 5.41) is 1.58. The molecule has 76 valence electrons. The predicted octanol–water partition coefficient (Wildman–Crippen LogP) is 3.93. The zero-order valence-corrected chi connectivity index (χ0v) is 9.73.